The molecular formula is C18H16N2OS. The Morgan fingerprint density at radius 3 is 2.55 bits per heavy atom. The second-order valence-electron chi connectivity index (χ2n) is 4.94. The number of H-pyrrole nitrogens is 1. The van der Waals surface area contributed by atoms with Gasteiger partial charge in [0, 0.05) is 23.1 Å². The van der Waals surface area contributed by atoms with E-state index in [2.05, 4.69) is 9.97 Å². The van der Waals surface area contributed by atoms with Crippen molar-refractivity contribution in [2.24, 2.45) is 0 Å². The van der Waals surface area contributed by atoms with Gasteiger partial charge in [-0.25, -0.2) is 0 Å². The Morgan fingerprint density at radius 1 is 1.09 bits per heavy atom. The largest absolute Gasteiger partial charge is 0.320 e. The van der Waals surface area contributed by atoms with Crippen molar-refractivity contribution < 1.29 is 0 Å². The fourth-order valence-electron chi connectivity index (χ4n) is 2.37. The molecule has 1 aromatic carbocycles. The molecule has 2 heterocycles. The first-order valence-electron chi connectivity index (χ1n) is 7.03. The quantitative estimate of drug-likeness (QED) is 0.747. The zero-order chi connectivity index (χ0) is 15.4. The minimum absolute atomic E-state index is 0.0450. The highest BCUT2D eigenvalue weighted by Gasteiger charge is 2.11. The summed E-state index contributed by atoms with van der Waals surface area (Å²) in [6.07, 6.45) is 4.35. The van der Waals surface area contributed by atoms with E-state index in [0.29, 0.717) is 6.42 Å². The van der Waals surface area contributed by atoms with Gasteiger partial charge in [0.25, 0.3) is 5.56 Å². The molecule has 3 rings (SSSR count). The van der Waals surface area contributed by atoms with Crippen LogP contribution in [0.5, 0.6) is 0 Å². The molecule has 0 aliphatic heterocycles. The summed E-state index contributed by atoms with van der Waals surface area (Å²) >= 11 is 1.59. The first kappa shape index (κ1) is 14.6. The Bertz CT molecular complexity index is 813. The average molecular weight is 308 g/mol. The van der Waals surface area contributed by atoms with Crippen LogP contribution in [0.25, 0.3) is 11.4 Å². The van der Waals surface area contributed by atoms with Gasteiger partial charge in [-0.2, -0.15) is 0 Å². The Labute approximate surface area is 133 Å². The number of hydrogen-bond donors (Lipinski definition) is 1. The van der Waals surface area contributed by atoms with Gasteiger partial charge >= 0.3 is 0 Å². The maximum Gasteiger partial charge on any atom is 0.253 e. The second-order valence-corrected chi connectivity index (χ2v) is 5.78. The van der Waals surface area contributed by atoms with Gasteiger partial charge in [0.05, 0.1) is 11.4 Å². The van der Waals surface area contributed by atoms with Gasteiger partial charge in [-0.3, -0.25) is 9.78 Å². The zero-order valence-electron chi connectivity index (χ0n) is 12.2. The number of nitrogens with one attached hydrogen (secondary N) is 1. The van der Waals surface area contributed by atoms with E-state index in [4.69, 9.17) is 0 Å². The molecule has 0 fully saturated rings. The number of thioether (sulfide) groups is 1. The molecule has 4 heteroatoms. The van der Waals surface area contributed by atoms with Crippen molar-refractivity contribution in [3.05, 3.63) is 82.3 Å². The predicted octanol–water partition coefficient (Wildman–Crippen LogP) is 3.75. The van der Waals surface area contributed by atoms with E-state index in [9.17, 15) is 4.79 Å². The summed E-state index contributed by atoms with van der Waals surface area (Å²) in [6.45, 7) is 0. The molecule has 0 saturated heterocycles. The Hall–Kier alpha value is -2.33. The van der Waals surface area contributed by atoms with Crippen molar-refractivity contribution in [1.29, 1.82) is 0 Å². The third-order valence-corrected chi connectivity index (χ3v) is 4.28. The molecule has 110 valence electrons. The molecule has 3 nitrogen and oxygen atoms in total. The van der Waals surface area contributed by atoms with Gasteiger partial charge in [-0.15, -0.1) is 11.8 Å². The van der Waals surface area contributed by atoms with E-state index in [1.807, 2.05) is 60.9 Å². The Balaban J connectivity index is 2.04. The van der Waals surface area contributed by atoms with Gasteiger partial charge in [0.2, 0.25) is 0 Å². The van der Waals surface area contributed by atoms with Gasteiger partial charge in [-0.05, 0) is 30.0 Å². The molecule has 0 bridgehead atoms. The van der Waals surface area contributed by atoms with Crippen LogP contribution in [0.2, 0.25) is 0 Å². The lowest BCUT2D eigenvalue weighted by molar-refractivity contribution is 1.03. The number of rotatable bonds is 4. The summed E-state index contributed by atoms with van der Waals surface area (Å²) in [5, 5.41) is 0. The molecule has 0 radical (unpaired) electrons. The molecule has 0 amide bonds. The van der Waals surface area contributed by atoms with E-state index in [0.717, 1.165) is 27.4 Å². The maximum absolute atomic E-state index is 12.5. The standard InChI is InChI=1S/C18H16N2OS/c1-22-17-12-16(15-9-5-6-10-19-15)20-18(21)14(17)11-13-7-3-2-4-8-13/h2-10,12H,11H2,1H3,(H,20,21). The number of hydrogen-bond acceptors (Lipinski definition) is 3. The van der Waals surface area contributed by atoms with E-state index in [1.54, 1.807) is 18.0 Å². The summed E-state index contributed by atoms with van der Waals surface area (Å²) < 4.78 is 0. The number of aromatic amines is 1. The average Bonchev–Trinajstić information content (AvgIpc) is 2.58. The van der Waals surface area contributed by atoms with Crippen molar-refractivity contribution in [1.82, 2.24) is 9.97 Å². The normalized spacial score (nSPS) is 10.6. The molecule has 3 aromatic rings. The van der Waals surface area contributed by atoms with Crippen LogP contribution in [-0.4, -0.2) is 16.2 Å². The molecule has 0 aliphatic carbocycles. The van der Waals surface area contributed by atoms with Gasteiger partial charge < -0.3 is 4.98 Å². The number of pyridine rings is 2. The van der Waals surface area contributed by atoms with Gasteiger partial charge in [0.1, 0.15) is 0 Å². The molecule has 0 atom stereocenters. The lowest BCUT2D eigenvalue weighted by Gasteiger charge is -2.09. The topological polar surface area (TPSA) is 45.8 Å². The number of nitrogens with zero attached hydrogens (tertiary/aromatic N) is 1. The lowest BCUT2D eigenvalue weighted by Crippen LogP contribution is -2.15. The van der Waals surface area contributed by atoms with Crippen LogP contribution in [-0.2, 0) is 6.42 Å². The first-order chi connectivity index (χ1) is 10.8. The summed E-state index contributed by atoms with van der Waals surface area (Å²) in [5.41, 5.74) is 3.43. The van der Waals surface area contributed by atoms with Crippen LogP contribution < -0.4 is 5.56 Å². The van der Waals surface area contributed by atoms with E-state index >= 15 is 0 Å². The minimum Gasteiger partial charge on any atom is -0.320 e. The van der Waals surface area contributed by atoms with Crippen LogP contribution in [0, 0.1) is 0 Å². The zero-order valence-corrected chi connectivity index (χ0v) is 13.1. The molecule has 0 spiro atoms. The summed E-state index contributed by atoms with van der Waals surface area (Å²) in [6, 6.07) is 17.7. The maximum atomic E-state index is 12.5. The number of aromatic nitrogens is 2. The van der Waals surface area contributed by atoms with Crippen molar-refractivity contribution in [2.45, 2.75) is 11.3 Å². The summed E-state index contributed by atoms with van der Waals surface area (Å²) in [5.74, 6) is 0. The first-order valence-corrected chi connectivity index (χ1v) is 8.26. The van der Waals surface area contributed by atoms with Crippen molar-refractivity contribution in [3.63, 3.8) is 0 Å². The third-order valence-electron chi connectivity index (χ3n) is 3.48. The fourth-order valence-corrected chi connectivity index (χ4v) is 3.02. The van der Waals surface area contributed by atoms with Crippen molar-refractivity contribution >= 4 is 11.8 Å². The molecule has 0 aliphatic rings. The lowest BCUT2D eigenvalue weighted by atomic mass is 10.1. The second kappa shape index (κ2) is 6.62. The Kier molecular flexibility index (Phi) is 4.39. The summed E-state index contributed by atoms with van der Waals surface area (Å²) in [7, 11) is 0. The monoisotopic (exact) mass is 308 g/mol. The van der Waals surface area contributed by atoms with Crippen LogP contribution in [0.4, 0.5) is 0 Å². The van der Waals surface area contributed by atoms with E-state index < -0.39 is 0 Å². The molecule has 0 saturated carbocycles. The van der Waals surface area contributed by atoms with Gasteiger partial charge in [0.15, 0.2) is 0 Å². The SMILES string of the molecule is CSc1cc(-c2ccccn2)[nH]c(=O)c1Cc1ccccc1. The van der Waals surface area contributed by atoms with Crippen LogP contribution in [0.3, 0.4) is 0 Å². The smallest absolute Gasteiger partial charge is 0.253 e. The number of benzene rings is 1. The predicted molar refractivity (Wildman–Crippen MR) is 91.3 cm³/mol. The van der Waals surface area contributed by atoms with E-state index in [1.165, 1.54) is 0 Å². The third kappa shape index (κ3) is 3.12. The molecule has 22 heavy (non-hydrogen) atoms. The minimum atomic E-state index is -0.0450. The Morgan fingerprint density at radius 2 is 1.86 bits per heavy atom. The van der Waals surface area contributed by atoms with Gasteiger partial charge in [-0.1, -0.05) is 36.4 Å². The van der Waals surface area contributed by atoms with Crippen LogP contribution >= 0.6 is 11.8 Å². The highest BCUT2D eigenvalue weighted by molar-refractivity contribution is 7.98. The van der Waals surface area contributed by atoms with Crippen LogP contribution in [0.15, 0.2) is 70.5 Å². The summed E-state index contributed by atoms with van der Waals surface area (Å²) in [4.78, 5) is 20.8. The van der Waals surface area contributed by atoms with Crippen LogP contribution in [0.1, 0.15) is 11.1 Å². The molecular weight excluding hydrogens is 292 g/mol. The highest BCUT2D eigenvalue weighted by Crippen LogP contribution is 2.24. The highest BCUT2D eigenvalue weighted by atomic mass is 32.2. The van der Waals surface area contributed by atoms with Crippen molar-refractivity contribution in [3.8, 4) is 11.4 Å². The molecule has 0 unspecified atom stereocenters. The molecule has 2 aromatic heterocycles. The van der Waals surface area contributed by atoms with E-state index in [-0.39, 0.29) is 5.56 Å². The fraction of sp³-hybridized carbons (Fsp3) is 0.111. The van der Waals surface area contributed by atoms with Crippen molar-refractivity contribution in [2.75, 3.05) is 6.26 Å². The molecule has 1 N–H and O–H groups in total.